The van der Waals surface area contributed by atoms with Crippen LogP contribution in [-0.4, -0.2) is 86.3 Å². The number of cyclic esters (lactones) is 3. The van der Waals surface area contributed by atoms with Crippen LogP contribution in [0.2, 0.25) is 0 Å². The van der Waals surface area contributed by atoms with Gasteiger partial charge < -0.3 is 34.6 Å². The number of ether oxygens (including phenoxy) is 3. The number of hydrogen-bond donors (Lipinski definition) is 4. The van der Waals surface area contributed by atoms with Crippen LogP contribution in [0.1, 0.15) is 81.6 Å². The van der Waals surface area contributed by atoms with Crippen molar-refractivity contribution in [1.29, 1.82) is 0 Å². The molecular weight excluding hydrogens is 540 g/mol. The maximum atomic E-state index is 10.3. The molecule has 3 saturated heterocycles. The molecule has 3 aliphatic heterocycles. The molecule has 0 aromatic carbocycles. The predicted octanol–water partition coefficient (Wildman–Crippen LogP) is 2.48. The second-order valence-electron chi connectivity index (χ2n) is 7.18. The number of carboxylic acids is 4. The molecule has 1 unspecified atom stereocenters. The average molecular weight is 583 g/mol. The molecule has 3 atom stereocenters. The quantitative estimate of drug-likeness (QED) is 0.199. The third-order valence-corrected chi connectivity index (χ3v) is 4.12. The zero-order valence-corrected chi connectivity index (χ0v) is 19.1. The van der Waals surface area contributed by atoms with Crippen molar-refractivity contribution in [2.75, 3.05) is 0 Å². The van der Waals surface area contributed by atoms with Gasteiger partial charge in [0, 0.05) is 38.5 Å². The fourth-order valence-electron chi connectivity index (χ4n) is 2.42. The van der Waals surface area contributed by atoms with E-state index >= 15 is 0 Å². The minimum absolute atomic E-state index is 0. The summed E-state index contributed by atoms with van der Waals surface area (Å²) in [5, 5.41) is 32.8. The van der Waals surface area contributed by atoms with Gasteiger partial charge in [0.15, 0.2) is 24.1 Å². The first-order valence-corrected chi connectivity index (χ1v) is 10.4. The molecule has 3 heterocycles. The van der Waals surface area contributed by atoms with Crippen LogP contribution in [0.3, 0.4) is 0 Å². The summed E-state index contributed by atoms with van der Waals surface area (Å²) in [5.74, 6) is -5.46. The van der Waals surface area contributed by atoms with Gasteiger partial charge in [-0.15, -0.1) is 0 Å². The highest BCUT2D eigenvalue weighted by atomic mass is 16.6. The summed E-state index contributed by atoms with van der Waals surface area (Å²) in [6.07, 6.45) is 1.45. The SMILES string of the molecule is C.C.C.C.CC(=O)/C=C/CC(=O)O.O=C1CCC(C(=O)O)O1.O=C1CC[C@@H](C(=O)O)O1.O=C1CC[C@H](C(=O)O)O1. The molecular formula is C25H42O15. The summed E-state index contributed by atoms with van der Waals surface area (Å²) in [7, 11) is 0. The smallest absolute Gasteiger partial charge is 0.345 e. The van der Waals surface area contributed by atoms with Gasteiger partial charge in [0.1, 0.15) is 0 Å². The second kappa shape index (κ2) is 23.8. The Hall–Kier alpha value is -4.30. The van der Waals surface area contributed by atoms with E-state index in [1.54, 1.807) is 0 Å². The third kappa shape index (κ3) is 21.8. The average Bonchev–Trinajstić information content (AvgIpc) is 3.50. The minimum atomic E-state index is -1.05. The van der Waals surface area contributed by atoms with Crippen molar-refractivity contribution in [3.63, 3.8) is 0 Å². The molecule has 15 heteroatoms. The van der Waals surface area contributed by atoms with E-state index in [1.165, 1.54) is 19.1 Å². The number of aliphatic carboxylic acids is 4. The van der Waals surface area contributed by atoms with Crippen molar-refractivity contribution in [2.45, 2.75) is 99.9 Å². The van der Waals surface area contributed by atoms with E-state index in [0.29, 0.717) is 19.3 Å². The van der Waals surface area contributed by atoms with E-state index in [-0.39, 0.29) is 61.2 Å². The van der Waals surface area contributed by atoms with E-state index in [0.717, 1.165) is 0 Å². The van der Waals surface area contributed by atoms with Gasteiger partial charge >= 0.3 is 41.8 Å². The number of esters is 3. The van der Waals surface area contributed by atoms with E-state index < -0.39 is 60.1 Å². The Morgan fingerprint density at radius 1 is 0.650 bits per heavy atom. The highest BCUT2D eigenvalue weighted by Crippen LogP contribution is 2.14. The van der Waals surface area contributed by atoms with Crippen molar-refractivity contribution in [1.82, 2.24) is 0 Å². The maximum absolute atomic E-state index is 10.3. The number of rotatable bonds is 6. The van der Waals surface area contributed by atoms with Crippen LogP contribution in [0.15, 0.2) is 12.2 Å². The summed E-state index contributed by atoms with van der Waals surface area (Å²) in [4.78, 5) is 81.0. The lowest BCUT2D eigenvalue weighted by Crippen LogP contribution is -2.18. The lowest BCUT2D eigenvalue weighted by molar-refractivity contribution is -0.156. The molecule has 40 heavy (non-hydrogen) atoms. The van der Waals surface area contributed by atoms with Crippen LogP contribution >= 0.6 is 0 Å². The zero-order chi connectivity index (χ0) is 27.8. The Kier molecular flexibility index (Phi) is 27.1. The Bertz CT molecular complexity index is 805. The monoisotopic (exact) mass is 582 g/mol. The Labute approximate surface area is 233 Å². The summed E-state index contributed by atoms with van der Waals surface area (Å²) < 4.78 is 13.2. The molecule has 0 bridgehead atoms. The van der Waals surface area contributed by atoms with Gasteiger partial charge in [-0.3, -0.25) is 24.0 Å². The van der Waals surface area contributed by atoms with Gasteiger partial charge in [0.05, 0.1) is 6.42 Å². The number of hydrogen-bond acceptors (Lipinski definition) is 11. The highest BCUT2D eigenvalue weighted by molar-refractivity contribution is 5.87. The van der Waals surface area contributed by atoms with Crippen molar-refractivity contribution in [2.24, 2.45) is 0 Å². The molecule has 0 spiro atoms. The van der Waals surface area contributed by atoms with Gasteiger partial charge in [0.25, 0.3) is 0 Å². The van der Waals surface area contributed by atoms with Gasteiger partial charge in [-0.1, -0.05) is 35.8 Å². The van der Waals surface area contributed by atoms with Crippen LogP contribution in [0.25, 0.3) is 0 Å². The molecule has 0 radical (unpaired) electrons. The number of ketones is 1. The van der Waals surface area contributed by atoms with Crippen LogP contribution in [0.4, 0.5) is 0 Å². The largest absolute Gasteiger partial charge is 0.481 e. The lowest BCUT2D eigenvalue weighted by atomic mass is 10.2. The van der Waals surface area contributed by atoms with Crippen molar-refractivity contribution in [3.8, 4) is 0 Å². The Morgan fingerprint density at radius 2 is 0.925 bits per heavy atom. The molecule has 3 aliphatic rings. The van der Waals surface area contributed by atoms with E-state index in [9.17, 15) is 38.4 Å². The van der Waals surface area contributed by atoms with Gasteiger partial charge in [0.2, 0.25) is 0 Å². The summed E-state index contributed by atoms with van der Waals surface area (Å²) in [6, 6.07) is 0. The standard InChI is InChI=1S/C6H8O3.3C5H6O4.4CH4/c1-5(7)3-2-4-6(8)9;3*6-4-2-1-3(9-4)5(7)8;;;;/h2-3H,4H2,1H3,(H,8,9);3*3H,1-2H2,(H,7,8);4*1H4/b3-2+;;;;;;;/t;2*3-;;;;;/m.10...../s1. The summed E-state index contributed by atoms with van der Waals surface area (Å²) >= 11 is 0. The van der Waals surface area contributed by atoms with Crippen LogP contribution in [-0.2, 0) is 52.6 Å². The molecule has 0 aliphatic carbocycles. The Morgan fingerprint density at radius 3 is 1.05 bits per heavy atom. The molecule has 0 saturated carbocycles. The van der Waals surface area contributed by atoms with E-state index in [1.807, 2.05) is 0 Å². The number of carboxylic acid groups (broad SMARTS) is 4. The normalized spacial score (nSPS) is 19.6. The lowest BCUT2D eigenvalue weighted by Gasteiger charge is -1.99. The van der Waals surface area contributed by atoms with E-state index in [4.69, 9.17) is 20.4 Å². The van der Waals surface area contributed by atoms with Crippen molar-refractivity contribution in [3.05, 3.63) is 12.2 Å². The molecule has 15 nitrogen and oxygen atoms in total. The minimum Gasteiger partial charge on any atom is -0.481 e. The molecule has 4 N–H and O–H groups in total. The molecule has 0 aromatic rings. The predicted molar refractivity (Wildman–Crippen MR) is 139 cm³/mol. The fraction of sp³-hybridized carbons (Fsp3) is 0.600. The number of carbonyl (C=O) groups excluding carboxylic acids is 4. The first kappa shape index (κ1) is 45.6. The van der Waals surface area contributed by atoms with Crippen molar-refractivity contribution >= 4 is 47.6 Å². The molecule has 3 fully saturated rings. The number of carbonyl (C=O) groups is 8. The Balaban J connectivity index is -0.000000132. The molecule has 0 aromatic heterocycles. The van der Waals surface area contributed by atoms with Crippen LogP contribution in [0, 0.1) is 0 Å². The van der Waals surface area contributed by atoms with Crippen LogP contribution in [0.5, 0.6) is 0 Å². The molecule has 232 valence electrons. The van der Waals surface area contributed by atoms with Crippen LogP contribution < -0.4 is 0 Å². The number of allylic oxidation sites excluding steroid dienone is 1. The summed E-state index contributed by atoms with van der Waals surface area (Å²) in [6.45, 7) is 1.37. The van der Waals surface area contributed by atoms with E-state index in [2.05, 4.69) is 14.2 Å². The van der Waals surface area contributed by atoms with Gasteiger partial charge in [-0.05, 0) is 13.0 Å². The third-order valence-electron chi connectivity index (χ3n) is 4.12. The van der Waals surface area contributed by atoms with Crippen molar-refractivity contribution < 1.29 is 73.0 Å². The maximum Gasteiger partial charge on any atom is 0.345 e. The second-order valence-corrected chi connectivity index (χ2v) is 7.18. The molecule has 3 rings (SSSR count). The van der Waals surface area contributed by atoms with Gasteiger partial charge in [-0.25, -0.2) is 14.4 Å². The zero-order valence-electron chi connectivity index (χ0n) is 19.1. The van der Waals surface area contributed by atoms with Gasteiger partial charge in [-0.2, -0.15) is 0 Å². The first-order chi connectivity index (χ1) is 16.7. The highest BCUT2D eigenvalue weighted by Gasteiger charge is 2.30. The first-order valence-electron chi connectivity index (χ1n) is 10.4. The molecule has 0 amide bonds. The topological polar surface area (TPSA) is 245 Å². The fourth-order valence-corrected chi connectivity index (χ4v) is 2.42. The summed E-state index contributed by atoms with van der Waals surface area (Å²) in [5.41, 5.74) is 0.